The molecular weight excluding hydrogens is 206 g/mol. The lowest BCUT2D eigenvalue weighted by Crippen LogP contribution is -2.28. The molecule has 0 spiro atoms. The van der Waals surface area contributed by atoms with Crippen LogP contribution in [0.25, 0.3) is 0 Å². The summed E-state index contributed by atoms with van der Waals surface area (Å²) in [4.78, 5) is 23.0. The van der Waals surface area contributed by atoms with E-state index in [9.17, 15) is 9.59 Å². The maximum Gasteiger partial charge on any atom is 0.308 e. The van der Waals surface area contributed by atoms with Crippen molar-refractivity contribution in [3.05, 3.63) is 35.9 Å². The van der Waals surface area contributed by atoms with Gasteiger partial charge < -0.3 is 10.4 Å². The molecule has 2 rings (SSSR count). The van der Waals surface area contributed by atoms with Crippen LogP contribution >= 0.6 is 0 Å². The van der Waals surface area contributed by atoms with Crippen molar-refractivity contribution in [2.24, 2.45) is 11.8 Å². The number of carbonyl (C=O) groups excluding carboxylic acids is 1. The quantitative estimate of drug-likeness (QED) is 0.737. The number of benzene rings is 1. The molecule has 0 saturated carbocycles. The van der Waals surface area contributed by atoms with Crippen LogP contribution in [0.2, 0.25) is 0 Å². The highest BCUT2D eigenvalue weighted by Crippen LogP contribution is 2.21. The van der Waals surface area contributed by atoms with Crippen molar-refractivity contribution in [1.82, 2.24) is 5.32 Å². The molecule has 84 valence electrons. The summed E-state index contributed by atoms with van der Waals surface area (Å²) in [6.45, 7) is 0.823. The number of ketones is 1. The van der Waals surface area contributed by atoms with Crippen LogP contribution in [-0.4, -0.2) is 29.9 Å². The van der Waals surface area contributed by atoms with E-state index in [0.717, 1.165) is 0 Å². The summed E-state index contributed by atoms with van der Waals surface area (Å²) < 4.78 is 0. The molecule has 0 aromatic heterocycles. The second-order valence-corrected chi connectivity index (χ2v) is 3.94. The molecule has 1 aromatic carbocycles. The van der Waals surface area contributed by atoms with Crippen LogP contribution < -0.4 is 5.32 Å². The molecule has 1 fully saturated rings. The zero-order valence-corrected chi connectivity index (χ0v) is 8.72. The second kappa shape index (κ2) is 4.45. The van der Waals surface area contributed by atoms with Gasteiger partial charge in [-0.05, 0) is 0 Å². The van der Waals surface area contributed by atoms with Gasteiger partial charge in [-0.15, -0.1) is 0 Å². The van der Waals surface area contributed by atoms with E-state index in [1.807, 2.05) is 6.07 Å². The van der Waals surface area contributed by atoms with Gasteiger partial charge in [0.1, 0.15) is 0 Å². The van der Waals surface area contributed by atoms with Crippen molar-refractivity contribution in [3.63, 3.8) is 0 Å². The summed E-state index contributed by atoms with van der Waals surface area (Å²) in [7, 11) is 0. The van der Waals surface area contributed by atoms with Crippen molar-refractivity contribution in [1.29, 1.82) is 0 Å². The number of aliphatic carboxylic acids is 1. The molecule has 1 aliphatic heterocycles. The van der Waals surface area contributed by atoms with E-state index >= 15 is 0 Å². The van der Waals surface area contributed by atoms with Gasteiger partial charge in [0.2, 0.25) is 0 Å². The number of Topliss-reactive ketones (excluding diaryl/α,β-unsaturated/α-hetero) is 1. The van der Waals surface area contributed by atoms with E-state index in [1.165, 1.54) is 0 Å². The van der Waals surface area contributed by atoms with Crippen LogP contribution in [0.5, 0.6) is 0 Å². The van der Waals surface area contributed by atoms with Gasteiger partial charge in [0.15, 0.2) is 5.78 Å². The minimum Gasteiger partial charge on any atom is -0.481 e. The summed E-state index contributed by atoms with van der Waals surface area (Å²) in [6, 6.07) is 8.84. The molecule has 4 heteroatoms. The van der Waals surface area contributed by atoms with Crippen LogP contribution in [0, 0.1) is 11.8 Å². The Morgan fingerprint density at radius 2 is 1.75 bits per heavy atom. The SMILES string of the molecule is O=C(O)[C@H]1CNC[C@@H]1C(=O)c1ccccc1. The van der Waals surface area contributed by atoms with Gasteiger partial charge in [0, 0.05) is 24.6 Å². The maximum absolute atomic E-state index is 12.1. The number of rotatable bonds is 3. The van der Waals surface area contributed by atoms with Gasteiger partial charge >= 0.3 is 5.97 Å². The Morgan fingerprint density at radius 3 is 2.38 bits per heavy atom. The molecule has 0 amide bonds. The Labute approximate surface area is 93.3 Å². The van der Waals surface area contributed by atoms with Crippen LogP contribution in [0.15, 0.2) is 30.3 Å². The van der Waals surface area contributed by atoms with Gasteiger partial charge in [-0.3, -0.25) is 9.59 Å². The Balaban J connectivity index is 2.19. The van der Waals surface area contributed by atoms with E-state index in [1.54, 1.807) is 24.3 Å². The van der Waals surface area contributed by atoms with E-state index in [0.29, 0.717) is 18.7 Å². The predicted octanol–water partition coefficient (Wildman–Crippen LogP) is 0.789. The van der Waals surface area contributed by atoms with Gasteiger partial charge in [-0.25, -0.2) is 0 Å². The normalized spacial score (nSPS) is 24.2. The lowest BCUT2D eigenvalue weighted by Gasteiger charge is -2.13. The molecule has 0 aliphatic carbocycles. The Morgan fingerprint density at radius 1 is 1.12 bits per heavy atom. The first-order chi connectivity index (χ1) is 7.70. The van der Waals surface area contributed by atoms with Crippen LogP contribution in [0.4, 0.5) is 0 Å². The van der Waals surface area contributed by atoms with Crippen molar-refractivity contribution in [2.75, 3.05) is 13.1 Å². The predicted molar refractivity (Wildman–Crippen MR) is 58.3 cm³/mol. The minimum atomic E-state index is -0.903. The summed E-state index contributed by atoms with van der Waals surface area (Å²) in [5.41, 5.74) is 0.586. The molecule has 2 atom stereocenters. The lowest BCUT2D eigenvalue weighted by molar-refractivity contribution is -0.141. The summed E-state index contributed by atoms with van der Waals surface area (Å²) in [5, 5.41) is 11.9. The fourth-order valence-corrected chi connectivity index (χ4v) is 2.03. The highest BCUT2D eigenvalue weighted by atomic mass is 16.4. The Bertz CT molecular complexity index is 402. The van der Waals surface area contributed by atoms with E-state index in [4.69, 9.17) is 5.11 Å². The number of carboxylic acids is 1. The van der Waals surface area contributed by atoms with Crippen molar-refractivity contribution < 1.29 is 14.7 Å². The molecule has 4 nitrogen and oxygen atoms in total. The lowest BCUT2D eigenvalue weighted by atomic mass is 9.88. The number of carboxylic acid groups (broad SMARTS) is 1. The fourth-order valence-electron chi connectivity index (χ4n) is 2.03. The van der Waals surface area contributed by atoms with E-state index in [-0.39, 0.29) is 5.78 Å². The maximum atomic E-state index is 12.1. The average molecular weight is 219 g/mol. The molecule has 1 aliphatic rings. The Hall–Kier alpha value is -1.68. The number of hydrogen-bond donors (Lipinski definition) is 2. The van der Waals surface area contributed by atoms with E-state index in [2.05, 4.69) is 5.32 Å². The monoisotopic (exact) mass is 219 g/mol. The topological polar surface area (TPSA) is 66.4 Å². The second-order valence-electron chi connectivity index (χ2n) is 3.94. The largest absolute Gasteiger partial charge is 0.481 e. The van der Waals surface area contributed by atoms with Crippen molar-refractivity contribution in [2.45, 2.75) is 0 Å². The number of carbonyl (C=O) groups is 2. The van der Waals surface area contributed by atoms with Gasteiger partial charge in [0.25, 0.3) is 0 Å². The third kappa shape index (κ3) is 1.97. The highest BCUT2D eigenvalue weighted by Gasteiger charge is 2.37. The minimum absolute atomic E-state index is 0.0852. The molecule has 0 bridgehead atoms. The molecular formula is C12H13NO3. The number of hydrogen-bond acceptors (Lipinski definition) is 3. The molecule has 1 heterocycles. The van der Waals surface area contributed by atoms with E-state index < -0.39 is 17.8 Å². The van der Waals surface area contributed by atoms with Gasteiger partial charge in [-0.2, -0.15) is 0 Å². The van der Waals surface area contributed by atoms with Crippen LogP contribution in [0.1, 0.15) is 10.4 Å². The van der Waals surface area contributed by atoms with Gasteiger partial charge in [0.05, 0.1) is 5.92 Å². The molecule has 0 unspecified atom stereocenters. The van der Waals surface area contributed by atoms with Crippen LogP contribution in [-0.2, 0) is 4.79 Å². The molecule has 1 aromatic rings. The Kier molecular flexibility index (Phi) is 3.01. The molecule has 2 N–H and O–H groups in total. The first-order valence-electron chi connectivity index (χ1n) is 5.23. The van der Waals surface area contributed by atoms with Gasteiger partial charge in [-0.1, -0.05) is 30.3 Å². The van der Waals surface area contributed by atoms with Crippen molar-refractivity contribution >= 4 is 11.8 Å². The first-order valence-corrected chi connectivity index (χ1v) is 5.23. The third-order valence-corrected chi connectivity index (χ3v) is 2.93. The zero-order chi connectivity index (χ0) is 11.5. The summed E-state index contributed by atoms with van der Waals surface area (Å²) in [6.07, 6.45) is 0. The smallest absolute Gasteiger partial charge is 0.308 e. The molecule has 16 heavy (non-hydrogen) atoms. The summed E-state index contributed by atoms with van der Waals surface area (Å²) >= 11 is 0. The highest BCUT2D eigenvalue weighted by molar-refractivity contribution is 6.00. The standard InChI is InChI=1S/C12H13NO3/c14-11(8-4-2-1-3-5-8)9-6-13-7-10(9)12(15)16/h1-5,9-10,13H,6-7H2,(H,15,16)/t9-,10-/m0/s1. The third-order valence-electron chi connectivity index (χ3n) is 2.93. The van der Waals surface area contributed by atoms with Crippen molar-refractivity contribution in [3.8, 4) is 0 Å². The molecule has 1 saturated heterocycles. The van der Waals surface area contributed by atoms with Crippen LogP contribution in [0.3, 0.4) is 0 Å². The molecule has 0 radical (unpaired) electrons. The summed E-state index contributed by atoms with van der Waals surface area (Å²) in [5.74, 6) is -2.04. The number of nitrogens with one attached hydrogen (secondary N) is 1. The fraction of sp³-hybridized carbons (Fsp3) is 0.333. The average Bonchev–Trinajstić information content (AvgIpc) is 2.78. The zero-order valence-electron chi connectivity index (χ0n) is 8.72. The first kappa shape index (κ1) is 10.8.